The second-order valence-corrected chi connectivity index (χ2v) is 6.96. The van der Waals surface area contributed by atoms with Crippen LogP contribution in [0, 0.1) is 0 Å². The Morgan fingerprint density at radius 1 is 1.04 bits per heavy atom. The molecule has 124 valence electrons. The van der Waals surface area contributed by atoms with Crippen LogP contribution in [0.15, 0.2) is 53.0 Å². The van der Waals surface area contributed by atoms with Gasteiger partial charge in [0.1, 0.15) is 0 Å². The van der Waals surface area contributed by atoms with E-state index in [1.165, 1.54) is 0 Å². The third-order valence-electron chi connectivity index (χ3n) is 4.48. The number of nitrogens with one attached hydrogen (secondary N) is 2. The van der Waals surface area contributed by atoms with E-state index < -0.39 is 0 Å². The van der Waals surface area contributed by atoms with E-state index in [2.05, 4.69) is 26.6 Å². The Morgan fingerprint density at radius 3 is 2.21 bits per heavy atom. The van der Waals surface area contributed by atoms with E-state index in [9.17, 15) is 9.59 Å². The first-order valence-corrected chi connectivity index (χ1v) is 8.70. The molecule has 4 nitrogen and oxygen atoms in total. The van der Waals surface area contributed by atoms with Crippen LogP contribution in [0.2, 0.25) is 0 Å². The van der Waals surface area contributed by atoms with Gasteiger partial charge in [0, 0.05) is 23.6 Å². The highest BCUT2D eigenvalue weighted by Crippen LogP contribution is 2.48. The highest BCUT2D eigenvalue weighted by molar-refractivity contribution is 9.10. The summed E-state index contributed by atoms with van der Waals surface area (Å²) in [6, 6.07) is 15.2. The third kappa shape index (κ3) is 3.36. The smallest absolute Gasteiger partial charge is 0.251 e. The fourth-order valence-corrected chi connectivity index (χ4v) is 3.07. The van der Waals surface area contributed by atoms with Crippen molar-refractivity contribution in [2.24, 2.45) is 0 Å². The Hall–Kier alpha value is -2.14. The predicted octanol–water partition coefficient (Wildman–Crippen LogP) is 3.16. The van der Waals surface area contributed by atoms with Crippen LogP contribution in [0.25, 0.3) is 0 Å². The van der Waals surface area contributed by atoms with Crippen LogP contribution < -0.4 is 10.6 Å². The minimum absolute atomic E-state index is 0.0696. The van der Waals surface area contributed by atoms with E-state index in [0.29, 0.717) is 12.1 Å². The lowest BCUT2D eigenvalue weighted by Gasteiger charge is -2.16. The summed E-state index contributed by atoms with van der Waals surface area (Å²) < 4.78 is 1.01. The Kier molecular flexibility index (Phi) is 4.71. The lowest BCUT2D eigenvalue weighted by Crippen LogP contribution is -2.34. The van der Waals surface area contributed by atoms with Gasteiger partial charge < -0.3 is 10.6 Å². The molecule has 0 spiro atoms. The summed E-state index contributed by atoms with van der Waals surface area (Å²) in [6.45, 7) is 0.463. The van der Waals surface area contributed by atoms with Gasteiger partial charge in [0.2, 0.25) is 5.91 Å². The van der Waals surface area contributed by atoms with E-state index in [-0.39, 0.29) is 17.2 Å². The molecule has 0 aliphatic heterocycles. The number of hydrogen-bond acceptors (Lipinski definition) is 2. The molecule has 0 atom stereocenters. The van der Waals surface area contributed by atoms with Crippen LogP contribution in [0.4, 0.5) is 0 Å². The zero-order chi connectivity index (χ0) is 17.2. The van der Waals surface area contributed by atoms with Gasteiger partial charge in [-0.2, -0.15) is 0 Å². The molecule has 1 aliphatic carbocycles. The first-order valence-electron chi connectivity index (χ1n) is 7.90. The van der Waals surface area contributed by atoms with Crippen molar-refractivity contribution in [1.82, 2.24) is 10.6 Å². The molecule has 2 N–H and O–H groups in total. The minimum Gasteiger partial charge on any atom is -0.355 e. The van der Waals surface area contributed by atoms with E-state index in [4.69, 9.17) is 0 Å². The van der Waals surface area contributed by atoms with Crippen LogP contribution in [-0.2, 0) is 16.8 Å². The quantitative estimate of drug-likeness (QED) is 0.828. The molecule has 0 heterocycles. The first kappa shape index (κ1) is 16.7. The molecule has 1 fully saturated rings. The Labute approximate surface area is 149 Å². The molecule has 1 saturated carbocycles. The summed E-state index contributed by atoms with van der Waals surface area (Å²) in [5.41, 5.74) is 2.28. The molecule has 0 saturated heterocycles. The monoisotopic (exact) mass is 386 g/mol. The lowest BCUT2D eigenvalue weighted by atomic mass is 9.95. The second-order valence-electron chi connectivity index (χ2n) is 6.05. The summed E-state index contributed by atoms with van der Waals surface area (Å²) in [4.78, 5) is 24.1. The molecule has 1 aliphatic rings. The Bertz CT molecular complexity index is 750. The normalized spacial score (nSPS) is 14.8. The molecule has 0 aromatic heterocycles. The van der Waals surface area contributed by atoms with Gasteiger partial charge in [0.05, 0.1) is 5.41 Å². The van der Waals surface area contributed by atoms with Crippen molar-refractivity contribution in [3.05, 3.63) is 69.7 Å². The SMILES string of the molecule is CNC(=O)c1ccc(CNC(=O)C2(c3ccc(Br)cc3)CC2)cc1. The van der Waals surface area contributed by atoms with Gasteiger partial charge in [-0.3, -0.25) is 9.59 Å². The fourth-order valence-electron chi connectivity index (χ4n) is 2.81. The van der Waals surface area contributed by atoms with Gasteiger partial charge in [0.15, 0.2) is 0 Å². The molecule has 2 amide bonds. The van der Waals surface area contributed by atoms with Gasteiger partial charge in [-0.15, -0.1) is 0 Å². The highest BCUT2D eigenvalue weighted by Gasteiger charge is 2.50. The molecule has 24 heavy (non-hydrogen) atoms. The third-order valence-corrected chi connectivity index (χ3v) is 5.01. The number of rotatable bonds is 5. The average molecular weight is 387 g/mol. The number of carbonyl (C=O) groups excluding carboxylic acids is 2. The zero-order valence-electron chi connectivity index (χ0n) is 13.4. The van der Waals surface area contributed by atoms with Crippen LogP contribution in [0.3, 0.4) is 0 Å². The standard InChI is InChI=1S/C19H19BrN2O2/c1-21-17(23)14-4-2-13(3-5-14)12-22-18(24)19(10-11-19)15-6-8-16(20)9-7-15/h2-9H,10-12H2,1H3,(H,21,23)(H,22,24). The first-order chi connectivity index (χ1) is 11.5. The number of amides is 2. The van der Waals surface area contributed by atoms with Gasteiger partial charge >= 0.3 is 0 Å². The van der Waals surface area contributed by atoms with Gasteiger partial charge in [-0.25, -0.2) is 0 Å². The predicted molar refractivity (Wildman–Crippen MR) is 96.7 cm³/mol. The van der Waals surface area contributed by atoms with E-state index in [1.807, 2.05) is 36.4 Å². The van der Waals surface area contributed by atoms with Crippen LogP contribution in [-0.4, -0.2) is 18.9 Å². The summed E-state index contributed by atoms with van der Waals surface area (Å²) >= 11 is 3.42. The fraction of sp³-hybridized carbons (Fsp3) is 0.263. The van der Waals surface area contributed by atoms with Crippen molar-refractivity contribution in [1.29, 1.82) is 0 Å². The molecule has 3 rings (SSSR count). The van der Waals surface area contributed by atoms with Crippen molar-refractivity contribution < 1.29 is 9.59 Å². The molecule has 0 bridgehead atoms. The Balaban J connectivity index is 1.63. The number of benzene rings is 2. The van der Waals surface area contributed by atoms with Crippen molar-refractivity contribution in [3.63, 3.8) is 0 Å². The van der Waals surface area contributed by atoms with Gasteiger partial charge in [-0.05, 0) is 48.2 Å². The molecular weight excluding hydrogens is 368 g/mol. The maximum atomic E-state index is 12.6. The molecule has 0 radical (unpaired) electrons. The van der Waals surface area contributed by atoms with Gasteiger partial charge in [0.25, 0.3) is 5.91 Å². The molecule has 5 heteroatoms. The topological polar surface area (TPSA) is 58.2 Å². The van der Waals surface area contributed by atoms with Gasteiger partial charge in [-0.1, -0.05) is 40.2 Å². The maximum Gasteiger partial charge on any atom is 0.251 e. The summed E-state index contributed by atoms with van der Waals surface area (Å²) in [7, 11) is 1.60. The van der Waals surface area contributed by atoms with E-state index >= 15 is 0 Å². The molecule has 2 aromatic rings. The lowest BCUT2D eigenvalue weighted by molar-refractivity contribution is -0.123. The highest BCUT2D eigenvalue weighted by atomic mass is 79.9. The summed E-state index contributed by atoms with van der Waals surface area (Å²) in [6.07, 6.45) is 1.77. The van der Waals surface area contributed by atoms with Crippen LogP contribution >= 0.6 is 15.9 Å². The Morgan fingerprint density at radius 2 is 1.67 bits per heavy atom. The maximum absolute atomic E-state index is 12.6. The zero-order valence-corrected chi connectivity index (χ0v) is 15.0. The number of halogens is 1. The van der Waals surface area contributed by atoms with E-state index in [0.717, 1.165) is 28.4 Å². The van der Waals surface area contributed by atoms with Crippen molar-refractivity contribution >= 4 is 27.7 Å². The summed E-state index contributed by atoms with van der Waals surface area (Å²) in [5.74, 6) is -0.0436. The molecular formula is C19H19BrN2O2. The van der Waals surface area contributed by atoms with Crippen LogP contribution in [0.1, 0.15) is 34.3 Å². The van der Waals surface area contributed by atoms with E-state index in [1.54, 1.807) is 19.2 Å². The minimum atomic E-state index is -0.372. The largest absolute Gasteiger partial charge is 0.355 e. The van der Waals surface area contributed by atoms with Crippen LogP contribution in [0.5, 0.6) is 0 Å². The number of carbonyl (C=O) groups is 2. The second kappa shape index (κ2) is 6.77. The average Bonchev–Trinajstić information content (AvgIpc) is 3.42. The summed E-state index contributed by atoms with van der Waals surface area (Å²) in [5, 5.41) is 5.62. The molecule has 2 aromatic carbocycles. The van der Waals surface area contributed by atoms with Crippen molar-refractivity contribution in [3.8, 4) is 0 Å². The van der Waals surface area contributed by atoms with Crippen molar-refractivity contribution in [2.75, 3.05) is 7.05 Å². The van der Waals surface area contributed by atoms with Crippen molar-refractivity contribution in [2.45, 2.75) is 24.8 Å². The number of hydrogen-bond donors (Lipinski definition) is 2. The molecule has 0 unspecified atom stereocenters.